The average molecular weight is 331 g/mol. The zero-order chi connectivity index (χ0) is 13.3. The number of aromatic carboxylic acids is 1. The van der Waals surface area contributed by atoms with Crippen molar-refractivity contribution in [1.29, 1.82) is 0 Å². The quantitative estimate of drug-likeness (QED) is 0.879. The van der Waals surface area contributed by atoms with E-state index in [9.17, 15) is 9.90 Å². The number of carboxylic acid groups (broad SMARTS) is 1. The van der Waals surface area contributed by atoms with Crippen molar-refractivity contribution < 1.29 is 9.90 Å². The molecule has 1 N–H and O–H groups in total. The maximum atomic E-state index is 11.3. The summed E-state index contributed by atoms with van der Waals surface area (Å²) in [5, 5.41) is 17.1. The summed E-state index contributed by atoms with van der Waals surface area (Å²) < 4.78 is 2.34. The van der Waals surface area contributed by atoms with Crippen molar-refractivity contribution in [2.24, 2.45) is 0 Å². The minimum absolute atomic E-state index is 0.163. The lowest BCUT2D eigenvalue weighted by molar-refractivity contribution is 0.0697. The van der Waals surface area contributed by atoms with Gasteiger partial charge in [-0.1, -0.05) is 15.9 Å². The maximum Gasteiger partial charge on any atom is 0.337 e. The molecule has 0 atom stereocenters. The highest BCUT2D eigenvalue weighted by atomic mass is 79.9. The Labute approximate surface area is 117 Å². The summed E-state index contributed by atoms with van der Waals surface area (Å²) in [6, 6.07) is 4.99. The van der Waals surface area contributed by atoms with E-state index in [0.717, 1.165) is 0 Å². The van der Waals surface area contributed by atoms with Crippen LogP contribution < -0.4 is 0 Å². The number of hydrogen-bond donors (Lipinski definition) is 1. The SMILES string of the molecule is Cc1nnc(CCl)n1-c1ccc(Br)cc1C(=O)O. The molecule has 0 fully saturated rings. The Morgan fingerprint density at radius 2 is 2.22 bits per heavy atom. The Morgan fingerprint density at radius 3 is 2.83 bits per heavy atom. The topological polar surface area (TPSA) is 68.0 Å². The maximum absolute atomic E-state index is 11.3. The molecule has 1 heterocycles. The predicted molar refractivity (Wildman–Crippen MR) is 70.3 cm³/mol. The molecule has 0 spiro atoms. The first-order chi connectivity index (χ1) is 8.54. The van der Waals surface area contributed by atoms with E-state index in [2.05, 4.69) is 26.1 Å². The number of aryl methyl sites for hydroxylation is 1. The van der Waals surface area contributed by atoms with Gasteiger partial charge in [-0.25, -0.2) is 4.79 Å². The fourth-order valence-electron chi connectivity index (χ4n) is 1.68. The number of aromatic nitrogens is 3. The molecule has 1 aromatic heterocycles. The molecule has 0 bridgehead atoms. The molecule has 1 aromatic carbocycles. The molecular weight excluding hydrogens is 321 g/mol. The highest BCUT2D eigenvalue weighted by Gasteiger charge is 2.17. The molecule has 0 aliphatic heterocycles. The fraction of sp³-hybridized carbons (Fsp3) is 0.182. The van der Waals surface area contributed by atoms with Crippen molar-refractivity contribution in [2.45, 2.75) is 12.8 Å². The third kappa shape index (κ3) is 2.26. The summed E-state index contributed by atoms with van der Waals surface area (Å²) in [7, 11) is 0. The van der Waals surface area contributed by atoms with Crippen LogP contribution in [0, 0.1) is 6.92 Å². The Balaban J connectivity index is 2.70. The van der Waals surface area contributed by atoms with Crippen molar-refractivity contribution >= 4 is 33.5 Å². The normalized spacial score (nSPS) is 10.6. The third-order valence-corrected chi connectivity index (χ3v) is 3.17. The molecule has 0 aliphatic carbocycles. The fourth-order valence-corrected chi connectivity index (χ4v) is 2.21. The molecule has 94 valence electrons. The minimum atomic E-state index is -1.01. The Kier molecular flexibility index (Phi) is 3.68. The van der Waals surface area contributed by atoms with Crippen molar-refractivity contribution in [3.63, 3.8) is 0 Å². The van der Waals surface area contributed by atoms with Crippen LogP contribution in [0.15, 0.2) is 22.7 Å². The predicted octanol–water partition coefficient (Wildman–Crippen LogP) is 2.78. The number of alkyl halides is 1. The Bertz CT molecular complexity index is 612. The first-order valence-corrected chi connectivity index (χ1v) is 6.37. The van der Waals surface area contributed by atoms with E-state index in [1.165, 1.54) is 6.07 Å². The monoisotopic (exact) mass is 329 g/mol. The molecule has 0 aliphatic rings. The van der Waals surface area contributed by atoms with E-state index in [4.69, 9.17) is 11.6 Å². The van der Waals surface area contributed by atoms with Crippen LogP contribution in [0.5, 0.6) is 0 Å². The molecular formula is C11H9BrClN3O2. The number of carbonyl (C=O) groups is 1. The highest BCUT2D eigenvalue weighted by molar-refractivity contribution is 9.10. The van der Waals surface area contributed by atoms with Gasteiger partial charge in [0.05, 0.1) is 17.1 Å². The van der Waals surface area contributed by atoms with Crippen molar-refractivity contribution in [3.05, 3.63) is 39.9 Å². The van der Waals surface area contributed by atoms with Gasteiger partial charge in [0.25, 0.3) is 0 Å². The van der Waals surface area contributed by atoms with Crippen LogP contribution in [0.25, 0.3) is 5.69 Å². The van der Waals surface area contributed by atoms with E-state index in [1.807, 2.05) is 0 Å². The first-order valence-electron chi connectivity index (χ1n) is 5.04. The summed E-state index contributed by atoms with van der Waals surface area (Å²) in [6.45, 7) is 1.75. The molecule has 7 heteroatoms. The number of rotatable bonds is 3. The first kappa shape index (κ1) is 13.0. The minimum Gasteiger partial charge on any atom is -0.478 e. The van der Waals surface area contributed by atoms with Crippen LogP contribution in [0.1, 0.15) is 22.0 Å². The standard InChI is InChI=1S/C11H9BrClN3O2/c1-6-14-15-10(5-13)16(6)9-3-2-7(12)4-8(9)11(17)18/h2-4H,5H2,1H3,(H,17,18). The van der Waals surface area contributed by atoms with Gasteiger partial charge in [0.1, 0.15) is 5.82 Å². The zero-order valence-electron chi connectivity index (χ0n) is 9.39. The molecule has 5 nitrogen and oxygen atoms in total. The van der Waals surface area contributed by atoms with Crippen molar-refractivity contribution in [3.8, 4) is 5.69 Å². The number of halogens is 2. The van der Waals surface area contributed by atoms with Gasteiger partial charge in [0, 0.05) is 4.47 Å². The summed E-state index contributed by atoms with van der Waals surface area (Å²) in [5.74, 6) is 0.255. The molecule has 0 saturated heterocycles. The van der Waals surface area contributed by atoms with E-state index in [0.29, 0.717) is 21.8 Å². The van der Waals surface area contributed by atoms with Crippen LogP contribution in [0.4, 0.5) is 0 Å². The largest absolute Gasteiger partial charge is 0.478 e. The van der Waals surface area contributed by atoms with Crippen molar-refractivity contribution in [2.75, 3.05) is 0 Å². The van der Waals surface area contributed by atoms with Crippen LogP contribution in [0.3, 0.4) is 0 Å². The van der Waals surface area contributed by atoms with Gasteiger partial charge in [-0.2, -0.15) is 0 Å². The highest BCUT2D eigenvalue weighted by Crippen LogP contribution is 2.23. The average Bonchev–Trinajstić information content (AvgIpc) is 2.70. The van der Waals surface area contributed by atoms with Crippen LogP contribution in [-0.4, -0.2) is 25.8 Å². The lowest BCUT2D eigenvalue weighted by atomic mass is 10.1. The molecule has 0 amide bonds. The summed E-state index contributed by atoms with van der Waals surface area (Å²) in [6.07, 6.45) is 0. The van der Waals surface area contributed by atoms with Crippen LogP contribution in [-0.2, 0) is 5.88 Å². The molecule has 18 heavy (non-hydrogen) atoms. The summed E-state index contributed by atoms with van der Waals surface area (Å²) in [4.78, 5) is 11.3. The van der Waals surface area contributed by atoms with Gasteiger partial charge in [0.15, 0.2) is 5.82 Å². The molecule has 2 aromatic rings. The van der Waals surface area contributed by atoms with Gasteiger partial charge in [-0.05, 0) is 25.1 Å². The smallest absolute Gasteiger partial charge is 0.337 e. The second-order valence-electron chi connectivity index (χ2n) is 3.60. The number of carboxylic acids is 1. The van der Waals surface area contributed by atoms with Gasteiger partial charge >= 0.3 is 5.97 Å². The lowest BCUT2D eigenvalue weighted by Gasteiger charge is -2.10. The van der Waals surface area contributed by atoms with E-state index < -0.39 is 5.97 Å². The number of hydrogen-bond acceptors (Lipinski definition) is 3. The van der Waals surface area contributed by atoms with E-state index in [-0.39, 0.29) is 11.4 Å². The number of benzene rings is 1. The molecule has 0 radical (unpaired) electrons. The van der Waals surface area contributed by atoms with Gasteiger partial charge in [-0.3, -0.25) is 4.57 Å². The second kappa shape index (κ2) is 5.07. The van der Waals surface area contributed by atoms with Gasteiger partial charge in [0.2, 0.25) is 0 Å². The lowest BCUT2D eigenvalue weighted by Crippen LogP contribution is -2.09. The van der Waals surface area contributed by atoms with Crippen LogP contribution in [0.2, 0.25) is 0 Å². The zero-order valence-corrected chi connectivity index (χ0v) is 11.7. The molecule has 0 saturated carbocycles. The summed E-state index contributed by atoms with van der Waals surface area (Å²) in [5.41, 5.74) is 0.669. The molecule has 0 unspecified atom stereocenters. The summed E-state index contributed by atoms with van der Waals surface area (Å²) >= 11 is 9.03. The van der Waals surface area contributed by atoms with Gasteiger partial charge in [-0.15, -0.1) is 21.8 Å². The van der Waals surface area contributed by atoms with Crippen LogP contribution >= 0.6 is 27.5 Å². The number of nitrogens with zero attached hydrogens (tertiary/aromatic N) is 3. The van der Waals surface area contributed by atoms with Crippen molar-refractivity contribution in [1.82, 2.24) is 14.8 Å². The van der Waals surface area contributed by atoms with E-state index in [1.54, 1.807) is 23.6 Å². The Morgan fingerprint density at radius 1 is 1.50 bits per heavy atom. The Hall–Kier alpha value is -1.40. The van der Waals surface area contributed by atoms with E-state index >= 15 is 0 Å². The molecule has 2 rings (SSSR count). The van der Waals surface area contributed by atoms with Gasteiger partial charge < -0.3 is 5.11 Å². The second-order valence-corrected chi connectivity index (χ2v) is 4.78. The third-order valence-electron chi connectivity index (χ3n) is 2.44.